The van der Waals surface area contributed by atoms with E-state index in [1.165, 1.54) is 6.20 Å². The van der Waals surface area contributed by atoms with E-state index in [0.29, 0.717) is 22.8 Å². The number of nitrogens with zero attached hydrogens (tertiary/aromatic N) is 3. The second-order valence-electron chi connectivity index (χ2n) is 3.23. The molecule has 0 unspecified atom stereocenters. The third-order valence-electron chi connectivity index (χ3n) is 2.07. The van der Waals surface area contributed by atoms with E-state index < -0.39 is 0 Å². The molecule has 0 saturated carbocycles. The Kier molecular flexibility index (Phi) is 3.00. The molecule has 4 heteroatoms. The Bertz CT molecular complexity index is 606. The first kappa shape index (κ1) is 10.7. The van der Waals surface area contributed by atoms with Gasteiger partial charge in [0.2, 0.25) is 5.88 Å². The van der Waals surface area contributed by atoms with Crippen molar-refractivity contribution in [3.63, 3.8) is 0 Å². The molecule has 2 rings (SSSR count). The summed E-state index contributed by atoms with van der Waals surface area (Å²) in [6.45, 7) is 0. The molecule has 0 spiro atoms. The number of pyridine rings is 1. The molecule has 0 N–H and O–H groups in total. The smallest absolute Gasteiger partial charge is 0.220 e. The maximum absolute atomic E-state index is 8.73. The molecule has 0 aliphatic rings. The monoisotopic (exact) mass is 221 g/mol. The van der Waals surface area contributed by atoms with E-state index in [1.807, 2.05) is 12.1 Å². The van der Waals surface area contributed by atoms with Crippen LogP contribution in [0.4, 0.5) is 0 Å². The summed E-state index contributed by atoms with van der Waals surface area (Å²) in [5, 5.41) is 17.4. The minimum atomic E-state index is 0.355. The lowest BCUT2D eigenvalue weighted by Gasteiger charge is -2.04. The average molecular weight is 221 g/mol. The van der Waals surface area contributed by atoms with Crippen LogP contribution in [0.5, 0.6) is 11.6 Å². The topological polar surface area (TPSA) is 69.7 Å². The van der Waals surface area contributed by atoms with Crippen molar-refractivity contribution in [2.75, 3.05) is 0 Å². The van der Waals surface area contributed by atoms with Crippen molar-refractivity contribution in [1.29, 1.82) is 10.5 Å². The van der Waals surface area contributed by atoms with Crippen LogP contribution < -0.4 is 4.74 Å². The predicted molar refractivity (Wildman–Crippen MR) is 60.2 cm³/mol. The molecule has 2 aromatic rings. The summed E-state index contributed by atoms with van der Waals surface area (Å²) < 4.78 is 5.45. The van der Waals surface area contributed by atoms with E-state index in [1.54, 1.807) is 36.4 Å². The van der Waals surface area contributed by atoms with Crippen molar-refractivity contribution in [1.82, 2.24) is 4.98 Å². The molecule has 0 bridgehead atoms. The fourth-order valence-corrected chi connectivity index (χ4v) is 1.25. The Balaban J connectivity index is 2.20. The van der Waals surface area contributed by atoms with Gasteiger partial charge in [-0.3, -0.25) is 0 Å². The van der Waals surface area contributed by atoms with Gasteiger partial charge in [0, 0.05) is 12.3 Å². The zero-order valence-electron chi connectivity index (χ0n) is 8.79. The molecule has 0 radical (unpaired) electrons. The molecule has 0 aliphatic heterocycles. The zero-order valence-corrected chi connectivity index (χ0v) is 8.79. The SMILES string of the molecule is N#Cc1ccc(Oc2cc(C#N)ccn2)cc1. The maximum Gasteiger partial charge on any atom is 0.220 e. The number of hydrogen-bond donors (Lipinski definition) is 0. The van der Waals surface area contributed by atoms with Gasteiger partial charge in [0.25, 0.3) is 0 Å². The summed E-state index contributed by atoms with van der Waals surface area (Å²) in [5.41, 5.74) is 1.06. The zero-order chi connectivity index (χ0) is 12.1. The highest BCUT2D eigenvalue weighted by molar-refractivity contribution is 5.37. The molecule has 4 nitrogen and oxygen atoms in total. The van der Waals surface area contributed by atoms with Gasteiger partial charge in [-0.1, -0.05) is 0 Å². The van der Waals surface area contributed by atoms with Gasteiger partial charge in [0.15, 0.2) is 0 Å². The molecule has 0 fully saturated rings. The minimum absolute atomic E-state index is 0.355. The van der Waals surface area contributed by atoms with Crippen LogP contribution in [0, 0.1) is 22.7 Å². The highest BCUT2D eigenvalue weighted by Crippen LogP contribution is 2.19. The summed E-state index contributed by atoms with van der Waals surface area (Å²) in [4.78, 5) is 3.99. The van der Waals surface area contributed by atoms with Crippen LogP contribution in [0.25, 0.3) is 0 Å². The van der Waals surface area contributed by atoms with Crippen molar-refractivity contribution in [2.45, 2.75) is 0 Å². The standard InChI is InChI=1S/C13H7N3O/c14-8-10-1-3-12(4-2-10)17-13-7-11(9-15)5-6-16-13/h1-7H. The van der Waals surface area contributed by atoms with Crippen molar-refractivity contribution < 1.29 is 4.74 Å². The molecule has 1 aromatic carbocycles. The number of nitriles is 2. The Morgan fingerprint density at radius 3 is 2.29 bits per heavy atom. The second kappa shape index (κ2) is 4.78. The fourth-order valence-electron chi connectivity index (χ4n) is 1.25. The molecule has 0 amide bonds. The van der Waals surface area contributed by atoms with Gasteiger partial charge in [-0.05, 0) is 30.3 Å². The third-order valence-corrected chi connectivity index (χ3v) is 2.07. The van der Waals surface area contributed by atoms with Crippen LogP contribution >= 0.6 is 0 Å². The van der Waals surface area contributed by atoms with Gasteiger partial charge in [-0.15, -0.1) is 0 Å². The van der Waals surface area contributed by atoms with Crippen molar-refractivity contribution in [3.8, 4) is 23.8 Å². The first-order valence-corrected chi connectivity index (χ1v) is 4.86. The third kappa shape index (κ3) is 2.58. The van der Waals surface area contributed by atoms with Crippen molar-refractivity contribution in [2.24, 2.45) is 0 Å². The highest BCUT2D eigenvalue weighted by Gasteiger charge is 2.00. The van der Waals surface area contributed by atoms with Crippen LogP contribution in [0.2, 0.25) is 0 Å². The molecule has 1 heterocycles. The summed E-state index contributed by atoms with van der Waals surface area (Å²) in [7, 11) is 0. The van der Waals surface area contributed by atoms with Gasteiger partial charge in [-0.2, -0.15) is 10.5 Å². The van der Waals surface area contributed by atoms with E-state index in [2.05, 4.69) is 4.98 Å². The highest BCUT2D eigenvalue weighted by atomic mass is 16.5. The van der Waals surface area contributed by atoms with E-state index in [4.69, 9.17) is 15.3 Å². The van der Waals surface area contributed by atoms with Crippen LogP contribution in [0.15, 0.2) is 42.6 Å². The molecule has 0 saturated heterocycles. The lowest BCUT2D eigenvalue weighted by atomic mass is 10.2. The van der Waals surface area contributed by atoms with Crippen LogP contribution in [0.3, 0.4) is 0 Å². The van der Waals surface area contributed by atoms with Crippen LogP contribution in [-0.4, -0.2) is 4.98 Å². The number of benzene rings is 1. The summed E-state index contributed by atoms with van der Waals surface area (Å²) >= 11 is 0. The molecule has 0 atom stereocenters. The Hall–Kier alpha value is -2.85. The van der Waals surface area contributed by atoms with Crippen molar-refractivity contribution >= 4 is 0 Å². The predicted octanol–water partition coefficient (Wildman–Crippen LogP) is 2.62. The van der Waals surface area contributed by atoms with Crippen molar-refractivity contribution in [3.05, 3.63) is 53.7 Å². The largest absolute Gasteiger partial charge is 0.439 e. The summed E-state index contributed by atoms with van der Waals surface area (Å²) in [5.74, 6) is 0.931. The molecule has 80 valence electrons. The Morgan fingerprint density at radius 2 is 1.65 bits per heavy atom. The lowest BCUT2D eigenvalue weighted by Crippen LogP contribution is -1.88. The quantitative estimate of drug-likeness (QED) is 0.781. The number of ether oxygens (including phenoxy) is 1. The molecule has 0 aliphatic carbocycles. The minimum Gasteiger partial charge on any atom is -0.439 e. The Morgan fingerprint density at radius 1 is 0.941 bits per heavy atom. The molecular formula is C13H7N3O. The molecular weight excluding hydrogens is 214 g/mol. The van der Waals surface area contributed by atoms with Gasteiger partial charge in [0.1, 0.15) is 5.75 Å². The van der Waals surface area contributed by atoms with Gasteiger partial charge >= 0.3 is 0 Å². The van der Waals surface area contributed by atoms with Crippen LogP contribution in [0.1, 0.15) is 11.1 Å². The van der Waals surface area contributed by atoms with Crippen LogP contribution in [-0.2, 0) is 0 Å². The first-order valence-electron chi connectivity index (χ1n) is 4.86. The molecule has 17 heavy (non-hydrogen) atoms. The van der Waals surface area contributed by atoms with Gasteiger partial charge in [0.05, 0.1) is 23.3 Å². The molecule has 1 aromatic heterocycles. The van der Waals surface area contributed by atoms with E-state index in [-0.39, 0.29) is 0 Å². The first-order chi connectivity index (χ1) is 8.31. The number of hydrogen-bond acceptors (Lipinski definition) is 4. The van der Waals surface area contributed by atoms with Gasteiger partial charge in [-0.25, -0.2) is 4.98 Å². The summed E-state index contributed by atoms with van der Waals surface area (Å²) in [6, 6.07) is 13.9. The number of aromatic nitrogens is 1. The van der Waals surface area contributed by atoms with E-state index in [0.717, 1.165) is 0 Å². The summed E-state index contributed by atoms with van der Waals surface area (Å²) in [6.07, 6.45) is 1.51. The number of rotatable bonds is 2. The Labute approximate surface area is 98.3 Å². The van der Waals surface area contributed by atoms with E-state index in [9.17, 15) is 0 Å². The second-order valence-corrected chi connectivity index (χ2v) is 3.23. The normalized spacial score (nSPS) is 9.06. The fraction of sp³-hybridized carbons (Fsp3) is 0. The maximum atomic E-state index is 8.73. The van der Waals surface area contributed by atoms with Gasteiger partial charge < -0.3 is 4.74 Å². The average Bonchev–Trinajstić information content (AvgIpc) is 2.40. The van der Waals surface area contributed by atoms with E-state index >= 15 is 0 Å². The lowest BCUT2D eigenvalue weighted by molar-refractivity contribution is 0.463.